The molecule has 1 aliphatic rings. The first-order valence-corrected chi connectivity index (χ1v) is 6.36. The molecule has 2 rings (SSSR count). The van der Waals surface area contributed by atoms with E-state index >= 15 is 0 Å². The lowest BCUT2D eigenvalue weighted by atomic mass is 9.97. The van der Waals surface area contributed by atoms with Gasteiger partial charge in [0.05, 0.1) is 5.69 Å². The van der Waals surface area contributed by atoms with Gasteiger partial charge < -0.3 is 9.88 Å². The smallest absolute Gasteiger partial charge is 0.106 e. The number of nitrogens with zero attached hydrogens (tertiary/aromatic N) is 2. The molecule has 1 aromatic heterocycles. The van der Waals surface area contributed by atoms with Crippen LogP contribution in [-0.4, -0.2) is 15.6 Å². The molecule has 0 spiro atoms. The van der Waals surface area contributed by atoms with E-state index in [9.17, 15) is 0 Å². The van der Waals surface area contributed by atoms with Crippen molar-refractivity contribution in [2.45, 2.75) is 59.7 Å². The number of aryl methyl sites for hydroxylation is 1. The first-order chi connectivity index (χ1) is 7.58. The third-order valence-corrected chi connectivity index (χ3v) is 3.41. The molecule has 3 heteroatoms. The summed E-state index contributed by atoms with van der Waals surface area (Å²) in [7, 11) is 0. The van der Waals surface area contributed by atoms with E-state index in [1.165, 1.54) is 30.1 Å². The van der Waals surface area contributed by atoms with E-state index in [1.807, 2.05) is 0 Å². The summed E-state index contributed by atoms with van der Waals surface area (Å²) < 4.78 is 2.40. The number of aromatic nitrogens is 2. The second-order valence-electron chi connectivity index (χ2n) is 5.34. The Hall–Kier alpha value is -0.830. The van der Waals surface area contributed by atoms with E-state index in [1.54, 1.807) is 0 Å². The van der Waals surface area contributed by atoms with E-state index in [0.29, 0.717) is 6.04 Å². The molecule has 3 nitrogen and oxygen atoms in total. The standard InChI is InChI=1S/C13H23N3/c1-9(2)14-8-12-13-7-10(3)5-6-16(13)11(4)15-12/h9-10,14H,5-8H2,1-4H3. The van der Waals surface area contributed by atoms with Gasteiger partial charge in [-0.25, -0.2) is 4.98 Å². The average Bonchev–Trinajstić information content (AvgIpc) is 2.52. The van der Waals surface area contributed by atoms with Crippen LogP contribution < -0.4 is 5.32 Å². The van der Waals surface area contributed by atoms with Crippen molar-refractivity contribution in [3.05, 3.63) is 17.2 Å². The Kier molecular flexibility index (Phi) is 3.33. The van der Waals surface area contributed by atoms with E-state index in [4.69, 9.17) is 4.98 Å². The van der Waals surface area contributed by atoms with Gasteiger partial charge in [0.1, 0.15) is 5.82 Å². The normalized spacial score (nSPS) is 20.2. The topological polar surface area (TPSA) is 29.9 Å². The molecule has 0 aliphatic carbocycles. The van der Waals surface area contributed by atoms with Crippen molar-refractivity contribution in [3.63, 3.8) is 0 Å². The van der Waals surface area contributed by atoms with Crippen LogP contribution in [0.15, 0.2) is 0 Å². The average molecular weight is 221 g/mol. The van der Waals surface area contributed by atoms with E-state index in [2.05, 4.69) is 37.6 Å². The highest BCUT2D eigenvalue weighted by Gasteiger charge is 2.21. The number of imidazole rings is 1. The van der Waals surface area contributed by atoms with Crippen LogP contribution in [0.4, 0.5) is 0 Å². The third kappa shape index (κ3) is 2.29. The summed E-state index contributed by atoms with van der Waals surface area (Å²) in [6.07, 6.45) is 2.48. The van der Waals surface area contributed by atoms with E-state index in [-0.39, 0.29) is 0 Å². The van der Waals surface area contributed by atoms with E-state index < -0.39 is 0 Å². The fourth-order valence-electron chi connectivity index (χ4n) is 2.42. The van der Waals surface area contributed by atoms with Crippen molar-refractivity contribution in [2.75, 3.05) is 0 Å². The van der Waals surface area contributed by atoms with Gasteiger partial charge in [-0.3, -0.25) is 0 Å². The van der Waals surface area contributed by atoms with Crippen molar-refractivity contribution in [2.24, 2.45) is 5.92 Å². The summed E-state index contributed by atoms with van der Waals surface area (Å²) in [4.78, 5) is 4.70. The molecule has 0 aromatic carbocycles. The van der Waals surface area contributed by atoms with Gasteiger partial charge in [-0.05, 0) is 25.7 Å². The fourth-order valence-corrected chi connectivity index (χ4v) is 2.42. The highest BCUT2D eigenvalue weighted by atomic mass is 15.1. The van der Waals surface area contributed by atoms with Crippen LogP contribution in [0.5, 0.6) is 0 Å². The summed E-state index contributed by atoms with van der Waals surface area (Å²) in [6.45, 7) is 10.9. The number of hydrogen-bond acceptors (Lipinski definition) is 2. The van der Waals surface area contributed by atoms with Crippen LogP contribution in [0.3, 0.4) is 0 Å². The molecule has 2 heterocycles. The minimum Gasteiger partial charge on any atom is -0.332 e. The summed E-state index contributed by atoms with van der Waals surface area (Å²) in [5, 5.41) is 3.46. The Morgan fingerprint density at radius 3 is 2.94 bits per heavy atom. The zero-order valence-corrected chi connectivity index (χ0v) is 10.9. The molecular formula is C13H23N3. The van der Waals surface area contributed by atoms with Gasteiger partial charge in [-0.1, -0.05) is 20.8 Å². The largest absolute Gasteiger partial charge is 0.332 e. The van der Waals surface area contributed by atoms with Gasteiger partial charge in [0, 0.05) is 24.8 Å². The first-order valence-electron chi connectivity index (χ1n) is 6.36. The molecule has 0 saturated carbocycles. The van der Waals surface area contributed by atoms with Crippen LogP contribution in [-0.2, 0) is 19.5 Å². The predicted molar refractivity (Wildman–Crippen MR) is 66.4 cm³/mol. The second kappa shape index (κ2) is 4.58. The van der Waals surface area contributed by atoms with Crippen LogP contribution in [0, 0.1) is 12.8 Å². The Labute approximate surface area is 98.3 Å². The maximum atomic E-state index is 4.70. The van der Waals surface area contributed by atoms with Crippen molar-refractivity contribution in [1.29, 1.82) is 0 Å². The molecule has 0 amide bonds. The lowest BCUT2D eigenvalue weighted by Crippen LogP contribution is -2.24. The van der Waals surface area contributed by atoms with Gasteiger partial charge >= 0.3 is 0 Å². The SMILES string of the molecule is Cc1nc(CNC(C)C)c2n1CCC(C)C2. The fraction of sp³-hybridized carbons (Fsp3) is 0.769. The number of nitrogens with one attached hydrogen (secondary N) is 1. The van der Waals surface area contributed by atoms with Crippen molar-refractivity contribution < 1.29 is 0 Å². The lowest BCUT2D eigenvalue weighted by molar-refractivity contribution is 0.409. The predicted octanol–water partition coefficient (Wildman–Crippen LogP) is 2.27. The molecule has 16 heavy (non-hydrogen) atoms. The Morgan fingerprint density at radius 2 is 2.25 bits per heavy atom. The molecule has 1 unspecified atom stereocenters. The Balaban J connectivity index is 2.19. The zero-order valence-electron chi connectivity index (χ0n) is 10.9. The molecule has 1 atom stereocenters. The maximum absolute atomic E-state index is 4.70. The van der Waals surface area contributed by atoms with Crippen molar-refractivity contribution >= 4 is 0 Å². The van der Waals surface area contributed by atoms with Gasteiger partial charge in [-0.15, -0.1) is 0 Å². The molecule has 1 aromatic rings. The molecule has 0 radical (unpaired) electrons. The summed E-state index contributed by atoms with van der Waals surface area (Å²) in [5.74, 6) is 1.99. The monoisotopic (exact) mass is 221 g/mol. The minimum absolute atomic E-state index is 0.527. The van der Waals surface area contributed by atoms with Crippen molar-refractivity contribution in [1.82, 2.24) is 14.9 Å². The number of rotatable bonds is 3. The maximum Gasteiger partial charge on any atom is 0.106 e. The summed E-state index contributed by atoms with van der Waals surface area (Å²) >= 11 is 0. The summed E-state index contributed by atoms with van der Waals surface area (Å²) in [6, 6.07) is 0.527. The molecule has 0 saturated heterocycles. The minimum atomic E-state index is 0.527. The highest BCUT2D eigenvalue weighted by Crippen LogP contribution is 2.24. The molecule has 0 fully saturated rings. The quantitative estimate of drug-likeness (QED) is 0.848. The van der Waals surface area contributed by atoms with Crippen LogP contribution in [0.2, 0.25) is 0 Å². The summed E-state index contributed by atoms with van der Waals surface area (Å²) in [5.41, 5.74) is 2.72. The molecule has 1 N–H and O–H groups in total. The van der Waals surface area contributed by atoms with Gasteiger partial charge in [-0.2, -0.15) is 0 Å². The first kappa shape index (κ1) is 11.6. The zero-order chi connectivity index (χ0) is 11.7. The van der Waals surface area contributed by atoms with Crippen LogP contribution in [0.1, 0.15) is 44.4 Å². The van der Waals surface area contributed by atoms with Gasteiger partial charge in [0.2, 0.25) is 0 Å². The van der Waals surface area contributed by atoms with Crippen LogP contribution >= 0.6 is 0 Å². The third-order valence-electron chi connectivity index (χ3n) is 3.41. The Bertz CT molecular complexity index is 365. The molecule has 90 valence electrons. The molecular weight excluding hydrogens is 198 g/mol. The second-order valence-corrected chi connectivity index (χ2v) is 5.34. The van der Waals surface area contributed by atoms with Crippen LogP contribution in [0.25, 0.3) is 0 Å². The molecule has 1 aliphatic heterocycles. The lowest BCUT2D eigenvalue weighted by Gasteiger charge is -2.22. The number of fused-ring (bicyclic) bond motifs is 1. The van der Waals surface area contributed by atoms with Gasteiger partial charge in [0.25, 0.3) is 0 Å². The Morgan fingerprint density at radius 1 is 1.50 bits per heavy atom. The van der Waals surface area contributed by atoms with Crippen molar-refractivity contribution in [3.8, 4) is 0 Å². The number of hydrogen-bond donors (Lipinski definition) is 1. The highest BCUT2D eigenvalue weighted by molar-refractivity contribution is 5.19. The van der Waals surface area contributed by atoms with Gasteiger partial charge in [0.15, 0.2) is 0 Å². The molecule has 0 bridgehead atoms. The van der Waals surface area contributed by atoms with E-state index in [0.717, 1.165) is 19.0 Å².